The summed E-state index contributed by atoms with van der Waals surface area (Å²) in [5, 5.41) is 20.7. The Labute approximate surface area is 178 Å². The van der Waals surface area contributed by atoms with Crippen molar-refractivity contribution in [2.24, 2.45) is 7.05 Å². The molecule has 0 aliphatic carbocycles. The quantitative estimate of drug-likeness (QED) is 0.468. The van der Waals surface area contributed by atoms with Crippen molar-refractivity contribution < 1.29 is 24.5 Å². The Morgan fingerprint density at radius 3 is 2.55 bits per heavy atom. The summed E-state index contributed by atoms with van der Waals surface area (Å²) in [6.07, 6.45) is 1.67. The largest absolute Gasteiger partial charge is 0.508 e. The minimum atomic E-state index is -0.446. The fourth-order valence-electron chi connectivity index (χ4n) is 4.15. The number of carbonyl (C=O) groups excluding carboxylic acids is 1. The molecule has 31 heavy (non-hydrogen) atoms. The van der Waals surface area contributed by atoms with Gasteiger partial charge in [0.15, 0.2) is 5.76 Å². The Bertz CT molecular complexity index is 1380. The number of phenols is 2. The van der Waals surface area contributed by atoms with E-state index in [1.54, 1.807) is 13.2 Å². The van der Waals surface area contributed by atoms with E-state index in [4.69, 9.17) is 9.47 Å². The van der Waals surface area contributed by atoms with Crippen LogP contribution in [0.2, 0.25) is 0 Å². The molecule has 2 heterocycles. The summed E-state index contributed by atoms with van der Waals surface area (Å²) in [7, 11) is 3.57. The molecule has 0 fully saturated rings. The van der Waals surface area contributed by atoms with Gasteiger partial charge >= 0.3 is 0 Å². The van der Waals surface area contributed by atoms with Gasteiger partial charge in [0.1, 0.15) is 28.6 Å². The van der Waals surface area contributed by atoms with Crippen LogP contribution >= 0.6 is 0 Å². The minimum Gasteiger partial charge on any atom is -0.508 e. The monoisotopic (exact) mass is 413 g/mol. The van der Waals surface area contributed by atoms with Gasteiger partial charge in [0.25, 0.3) is 0 Å². The molecule has 0 unspecified atom stereocenters. The Morgan fingerprint density at radius 2 is 1.81 bits per heavy atom. The topological polar surface area (TPSA) is 80.9 Å². The van der Waals surface area contributed by atoms with Crippen LogP contribution in [0.3, 0.4) is 0 Å². The number of methoxy groups -OCH3 is 1. The van der Waals surface area contributed by atoms with Gasteiger partial charge in [-0.1, -0.05) is 36.4 Å². The molecule has 0 bridgehead atoms. The smallest absolute Gasteiger partial charge is 0.235 e. The number of Topliss-reactive ketones (excluding diaryl/α,β-unsaturated/α-hetero) is 1. The molecule has 5 rings (SSSR count). The minimum absolute atomic E-state index is 0.0394. The number of ketones is 1. The molecule has 4 aromatic rings. The molecule has 0 spiro atoms. The molecular formula is C25H19NO5. The molecule has 0 atom stereocenters. The van der Waals surface area contributed by atoms with Crippen molar-refractivity contribution in [3.63, 3.8) is 0 Å². The summed E-state index contributed by atoms with van der Waals surface area (Å²) < 4.78 is 13.4. The highest BCUT2D eigenvalue weighted by Gasteiger charge is 2.32. The van der Waals surface area contributed by atoms with Gasteiger partial charge in [0.2, 0.25) is 5.78 Å². The summed E-state index contributed by atoms with van der Waals surface area (Å²) in [5.74, 6) is -0.0815. The number of ether oxygens (including phenoxy) is 2. The lowest BCUT2D eigenvalue weighted by Crippen LogP contribution is -1.99. The molecule has 1 aromatic heterocycles. The van der Waals surface area contributed by atoms with E-state index in [0.717, 1.165) is 33.8 Å². The van der Waals surface area contributed by atoms with Crippen LogP contribution in [0.1, 0.15) is 15.9 Å². The molecule has 6 heteroatoms. The van der Waals surface area contributed by atoms with Gasteiger partial charge in [-0.2, -0.15) is 0 Å². The lowest BCUT2D eigenvalue weighted by molar-refractivity contribution is 0.101. The summed E-state index contributed by atoms with van der Waals surface area (Å²) in [6.45, 7) is 0. The number of rotatable bonds is 3. The van der Waals surface area contributed by atoms with E-state index in [-0.39, 0.29) is 28.6 Å². The van der Waals surface area contributed by atoms with Crippen LogP contribution in [-0.2, 0) is 7.05 Å². The van der Waals surface area contributed by atoms with Crippen molar-refractivity contribution in [2.75, 3.05) is 7.11 Å². The van der Waals surface area contributed by atoms with Gasteiger partial charge in [-0.15, -0.1) is 0 Å². The Balaban J connectivity index is 1.79. The van der Waals surface area contributed by atoms with Crippen molar-refractivity contribution in [3.8, 4) is 34.3 Å². The number of allylic oxidation sites excluding steroid dienone is 1. The molecule has 2 N–H and O–H groups in total. The maximum absolute atomic E-state index is 13.0. The number of hydrogen-bond donors (Lipinski definition) is 2. The number of hydrogen-bond acceptors (Lipinski definition) is 5. The van der Waals surface area contributed by atoms with Gasteiger partial charge in [-0.25, -0.2) is 0 Å². The first-order valence-electron chi connectivity index (χ1n) is 9.70. The highest BCUT2D eigenvalue weighted by Crippen LogP contribution is 2.43. The molecular weight excluding hydrogens is 394 g/mol. The zero-order valence-electron chi connectivity index (χ0n) is 16.9. The van der Waals surface area contributed by atoms with Gasteiger partial charge in [-0.3, -0.25) is 4.79 Å². The number of phenolic OH excluding ortho intramolecular Hbond substituents is 2. The second-order valence-corrected chi connectivity index (χ2v) is 7.32. The fourth-order valence-corrected chi connectivity index (χ4v) is 4.15. The second-order valence-electron chi connectivity index (χ2n) is 7.32. The molecule has 6 nitrogen and oxygen atoms in total. The molecule has 154 valence electrons. The van der Waals surface area contributed by atoms with Crippen molar-refractivity contribution in [1.29, 1.82) is 0 Å². The van der Waals surface area contributed by atoms with Crippen molar-refractivity contribution in [1.82, 2.24) is 4.57 Å². The average molecular weight is 413 g/mol. The SMILES string of the molecule is COc1cccc2c1c(/C=C1\Oc3cc(O)cc(O)c3C1=O)c(-c1ccccc1)n2C. The normalized spacial score (nSPS) is 14.1. The lowest BCUT2D eigenvalue weighted by atomic mass is 10.0. The number of carbonyl (C=O) groups is 1. The second kappa shape index (κ2) is 6.95. The fraction of sp³-hybridized carbons (Fsp3) is 0.0800. The van der Waals surface area contributed by atoms with E-state index in [1.807, 2.05) is 55.6 Å². The number of aryl methyl sites for hydroxylation is 1. The first kappa shape index (κ1) is 18.8. The van der Waals surface area contributed by atoms with Gasteiger partial charge in [-0.05, 0) is 23.8 Å². The van der Waals surface area contributed by atoms with E-state index in [0.29, 0.717) is 5.75 Å². The number of aromatic nitrogens is 1. The zero-order chi connectivity index (χ0) is 21.7. The van der Waals surface area contributed by atoms with Crippen molar-refractivity contribution in [2.45, 2.75) is 0 Å². The molecule has 1 aliphatic heterocycles. The van der Waals surface area contributed by atoms with E-state index in [1.165, 1.54) is 6.07 Å². The Morgan fingerprint density at radius 1 is 1.03 bits per heavy atom. The van der Waals surface area contributed by atoms with Crippen molar-refractivity contribution >= 4 is 22.8 Å². The molecule has 0 amide bonds. The number of aromatic hydroxyl groups is 2. The van der Waals surface area contributed by atoms with Crippen LogP contribution in [0.25, 0.3) is 28.2 Å². The van der Waals surface area contributed by atoms with Crippen LogP contribution < -0.4 is 9.47 Å². The number of benzene rings is 3. The first-order chi connectivity index (χ1) is 15.0. The van der Waals surface area contributed by atoms with E-state index >= 15 is 0 Å². The third-order valence-corrected chi connectivity index (χ3v) is 5.50. The Hall–Kier alpha value is -4.19. The van der Waals surface area contributed by atoms with Gasteiger partial charge in [0.05, 0.1) is 18.3 Å². The third-order valence-electron chi connectivity index (χ3n) is 5.50. The summed E-state index contributed by atoms with van der Waals surface area (Å²) in [4.78, 5) is 13.0. The molecule has 0 saturated carbocycles. The number of nitrogens with zero attached hydrogens (tertiary/aromatic N) is 1. The summed E-state index contributed by atoms with van der Waals surface area (Å²) >= 11 is 0. The molecule has 3 aromatic carbocycles. The van der Waals surface area contributed by atoms with Gasteiger partial charge < -0.3 is 24.3 Å². The first-order valence-corrected chi connectivity index (χ1v) is 9.70. The molecule has 1 aliphatic rings. The standard InChI is InChI=1S/C25H19NO5/c1-26-17-9-6-10-19(30-2)22(17)16(24(26)14-7-4-3-5-8-14)13-21-25(29)23-18(28)11-15(27)12-20(23)31-21/h3-13,27-28H,1-2H3/b21-13-. The zero-order valence-corrected chi connectivity index (χ0v) is 16.9. The number of fused-ring (bicyclic) bond motifs is 2. The maximum atomic E-state index is 13.0. The van der Waals surface area contributed by atoms with Crippen LogP contribution in [-0.4, -0.2) is 27.7 Å². The maximum Gasteiger partial charge on any atom is 0.235 e. The summed E-state index contributed by atoms with van der Waals surface area (Å²) in [6, 6.07) is 18.1. The van der Waals surface area contributed by atoms with Gasteiger partial charge in [0, 0.05) is 30.1 Å². The van der Waals surface area contributed by atoms with E-state index in [9.17, 15) is 15.0 Å². The molecule has 0 radical (unpaired) electrons. The summed E-state index contributed by atoms with van der Waals surface area (Å²) in [5.41, 5.74) is 3.61. The molecule has 0 saturated heterocycles. The van der Waals surface area contributed by atoms with E-state index < -0.39 is 5.78 Å². The predicted octanol–water partition coefficient (Wildman–Crippen LogP) is 4.88. The highest BCUT2D eigenvalue weighted by atomic mass is 16.5. The highest BCUT2D eigenvalue weighted by molar-refractivity contribution is 6.17. The average Bonchev–Trinajstić information content (AvgIpc) is 3.23. The van der Waals surface area contributed by atoms with Crippen LogP contribution in [0.15, 0.2) is 66.4 Å². The van der Waals surface area contributed by atoms with E-state index in [2.05, 4.69) is 4.57 Å². The Kier molecular flexibility index (Phi) is 4.22. The van der Waals surface area contributed by atoms with Crippen LogP contribution in [0.4, 0.5) is 0 Å². The van der Waals surface area contributed by atoms with Crippen LogP contribution in [0.5, 0.6) is 23.0 Å². The van der Waals surface area contributed by atoms with Crippen LogP contribution in [0, 0.1) is 0 Å². The lowest BCUT2D eigenvalue weighted by Gasteiger charge is -2.07. The third kappa shape index (κ3) is 2.84. The predicted molar refractivity (Wildman–Crippen MR) is 118 cm³/mol. The van der Waals surface area contributed by atoms with Crippen molar-refractivity contribution in [3.05, 3.63) is 77.5 Å².